The normalized spacial score (nSPS) is 18.0. The Hall–Kier alpha value is -3.26. The number of hydrogen-bond acceptors (Lipinski definition) is 6. The van der Waals surface area contributed by atoms with Crippen LogP contribution < -0.4 is 10.1 Å². The van der Waals surface area contributed by atoms with Crippen LogP contribution in [0.5, 0.6) is 5.75 Å². The van der Waals surface area contributed by atoms with Crippen LogP contribution in [-0.4, -0.2) is 41.1 Å². The van der Waals surface area contributed by atoms with E-state index in [1.54, 1.807) is 35.7 Å². The number of benzene rings is 2. The molecule has 0 radical (unpaired) electrons. The fraction of sp³-hybridized carbons (Fsp3) is 0.261. The number of esters is 1. The highest BCUT2D eigenvalue weighted by atomic mass is 32.2. The Kier molecular flexibility index (Phi) is 5.73. The van der Waals surface area contributed by atoms with Crippen molar-refractivity contribution < 1.29 is 19.1 Å². The number of carbonyl (C=O) groups is 2. The Labute approximate surface area is 184 Å². The summed E-state index contributed by atoms with van der Waals surface area (Å²) in [6.07, 6.45) is 0. The highest BCUT2D eigenvalue weighted by Crippen LogP contribution is 2.46. The third-order valence-electron chi connectivity index (χ3n) is 5.27. The van der Waals surface area contributed by atoms with E-state index in [-0.39, 0.29) is 22.4 Å². The number of thioether (sulfide) groups is 1. The maximum absolute atomic E-state index is 12.8. The van der Waals surface area contributed by atoms with Crippen LogP contribution in [0, 0.1) is 6.92 Å². The Bertz CT molecular complexity index is 1120. The average molecular weight is 438 g/mol. The molecule has 0 spiro atoms. The minimum atomic E-state index is -0.380. The molecule has 1 aromatic heterocycles. The number of aryl methyl sites for hydroxylation is 1. The van der Waals surface area contributed by atoms with Gasteiger partial charge in [0.2, 0.25) is 5.91 Å². The minimum Gasteiger partial charge on any atom is -0.497 e. The number of hydrogen-bond donors (Lipinski definition) is 1. The predicted molar refractivity (Wildman–Crippen MR) is 120 cm³/mol. The first-order valence-electron chi connectivity index (χ1n) is 9.81. The zero-order valence-corrected chi connectivity index (χ0v) is 18.5. The van der Waals surface area contributed by atoms with E-state index in [4.69, 9.17) is 14.6 Å². The van der Waals surface area contributed by atoms with E-state index >= 15 is 0 Å². The zero-order valence-electron chi connectivity index (χ0n) is 17.7. The molecule has 2 aromatic carbocycles. The van der Waals surface area contributed by atoms with E-state index in [2.05, 4.69) is 5.32 Å². The first-order valence-corrected chi connectivity index (χ1v) is 10.8. The van der Waals surface area contributed by atoms with Gasteiger partial charge in [-0.3, -0.25) is 4.79 Å². The second kappa shape index (κ2) is 8.47. The van der Waals surface area contributed by atoms with Crippen molar-refractivity contribution in [1.82, 2.24) is 9.78 Å². The van der Waals surface area contributed by atoms with Crippen molar-refractivity contribution >= 4 is 29.5 Å². The molecule has 1 aliphatic rings. The van der Waals surface area contributed by atoms with Crippen LogP contribution in [0.4, 0.5) is 5.82 Å². The van der Waals surface area contributed by atoms with Crippen LogP contribution in [0.25, 0.3) is 5.69 Å². The number of nitrogens with zero attached hydrogens (tertiary/aromatic N) is 2. The van der Waals surface area contributed by atoms with Gasteiger partial charge in [-0.15, -0.1) is 11.8 Å². The van der Waals surface area contributed by atoms with Crippen LogP contribution >= 0.6 is 11.8 Å². The quantitative estimate of drug-likeness (QED) is 0.618. The van der Waals surface area contributed by atoms with E-state index in [0.717, 1.165) is 28.3 Å². The van der Waals surface area contributed by atoms with Crippen LogP contribution in [0.3, 0.4) is 0 Å². The van der Waals surface area contributed by atoms with Gasteiger partial charge >= 0.3 is 5.97 Å². The molecular weight excluding hydrogens is 414 g/mol. The van der Waals surface area contributed by atoms with Crippen molar-refractivity contribution in [2.45, 2.75) is 24.3 Å². The molecule has 0 unspecified atom stereocenters. The van der Waals surface area contributed by atoms with E-state index in [9.17, 15) is 9.59 Å². The molecule has 2 heterocycles. The van der Waals surface area contributed by atoms with Gasteiger partial charge in [-0.2, -0.15) is 5.10 Å². The van der Waals surface area contributed by atoms with Crippen molar-refractivity contribution in [1.29, 1.82) is 0 Å². The molecule has 3 aromatic rings. The fourth-order valence-electron chi connectivity index (χ4n) is 3.59. The van der Waals surface area contributed by atoms with Gasteiger partial charge in [0.05, 0.1) is 41.7 Å². The molecule has 0 saturated heterocycles. The summed E-state index contributed by atoms with van der Waals surface area (Å²) in [6.45, 7) is 3.83. The molecule has 0 bridgehead atoms. The van der Waals surface area contributed by atoms with Gasteiger partial charge in [-0.25, -0.2) is 9.48 Å². The number of amides is 1. The standard InChI is InChI=1S/C23H23N3O4S/c1-13-19-20(15-5-7-16(8-6-15)23(28)30-4)31-14(2)22(27)24-21(19)26(25-13)17-9-11-18(29-3)12-10-17/h5-12,14,20H,1-4H3,(H,24,27)/t14-,20-/m0/s1. The molecule has 4 rings (SSSR count). The highest BCUT2D eigenvalue weighted by Gasteiger charge is 2.34. The van der Waals surface area contributed by atoms with Crippen LogP contribution in [0.2, 0.25) is 0 Å². The zero-order chi connectivity index (χ0) is 22.1. The van der Waals surface area contributed by atoms with Crippen LogP contribution in [0.1, 0.15) is 39.4 Å². The van der Waals surface area contributed by atoms with E-state index in [0.29, 0.717) is 11.4 Å². The molecule has 0 saturated carbocycles. The molecule has 160 valence electrons. The van der Waals surface area contributed by atoms with Crippen molar-refractivity contribution in [3.8, 4) is 11.4 Å². The smallest absolute Gasteiger partial charge is 0.337 e. The molecule has 0 fully saturated rings. The lowest BCUT2D eigenvalue weighted by atomic mass is 10.0. The lowest BCUT2D eigenvalue weighted by Crippen LogP contribution is -2.22. The number of aromatic nitrogens is 2. The van der Waals surface area contributed by atoms with E-state index in [1.807, 2.05) is 50.2 Å². The van der Waals surface area contributed by atoms with Gasteiger partial charge in [-0.05, 0) is 55.8 Å². The summed E-state index contributed by atoms with van der Waals surface area (Å²) in [4.78, 5) is 24.6. The third kappa shape index (κ3) is 3.90. The molecule has 1 N–H and O–H groups in total. The van der Waals surface area contributed by atoms with E-state index < -0.39 is 0 Å². The van der Waals surface area contributed by atoms with Gasteiger partial charge in [-0.1, -0.05) is 12.1 Å². The molecule has 2 atom stereocenters. The van der Waals surface area contributed by atoms with Crippen molar-refractivity contribution in [2.24, 2.45) is 0 Å². The Morgan fingerprint density at radius 2 is 1.77 bits per heavy atom. The number of fused-ring (bicyclic) bond motifs is 1. The number of rotatable bonds is 4. The van der Waals surface area contributed by atoms with Gasteiger partial charge in [0.1, 0.15) is 11.6 Å². The molecular formula is C23H23N3O4S. The summed E-state index contributed by atoms with van der Waals surface area (Å²) in [6, 6.07) is 14.8. The highest BCUT2D eigenvalue weighted by molar-refractivity contribution is 8.01. The SMILES string of the molecule is COC(=O)c1ccc([C@@H]2S[C@@H](C)C(=O)Nc3c2c(C)nn3-c2ccc(OC)cc2)cc1. The maximum atomic E-state index is 12.8. The van der Waals surface area contributed by atoms with E-state index in [1.165, 1.54) is 7.11 Å². The summed E-state index contributed by atoms with van der Waals surface area (Å²) in [5.74, 6) is 0.950. The lowest BCUT2D eigenvalue weighted by molar-refractivity contribution is -0.115. The monoisotopic (exact) mass is 437 g/mol. The Morgan fingerprint density at radius 1 is 1.10 bits per heavy atom. The summed E-state index contributed by atoms with van der Waals surface area (Å²) < 4.78 is 11.8. The maximum Gasteiger partial charge on any atom is 0.337 e. The molecule has 31 heavy (non-hydrogen) atoms. The Morgan fingerprint density at radius 3 is 2.39 bits per heavy atom. The largest absolute Gasteiger partial charge is 0.497 e. The molecule has 8 heteroatoms. The summed E-state index contributed by atoms with van der Waals surface area (Å²) in [5, 5.41) is 7.40. The van der Waals surface area contributed by atoms with Gasteiger partial charge < -0.3 is 14.8 Å². The number of carbonyl (C=O) groups excluding carboxylic acids is 2. The molecule has 0 aliphatic carbocycles. The first kappa shape index (κ1) is 21.0. The lowest BCUT2D eigenvalue weighted by Gasteiger charge is -2.17. The first-order chi connectivity index (χ1) is 14.9. The van der Waals surface area contributed by atoms with Gasteiger partial charge in [0.15, 0.2) is 0 Å². The predicted octanol–water partition coefficient (Wildman–Crippen LogP) is 4.14. The van der Waals surface area contributed by atoms with Gasteiger partial charge in [0.25, 0.3) is 0 Å². The van der Waals surface area contributed by atoms with Crippen LogP contribution in [-0.2, 0) is 9.53 Å². The van der Waals surface area contributed by atoms with Crippen molar-refractivity contribution in [3.63, 3.8) is 0 Å². The second-order valence-corrected chi connectivity index (χ2v) is 8.67. The molecule has 1 amide bonds. The fourth-order valence-corrected chi connectivity index (χ4v) is 4.92. The number of nitrogens with one attached hydrogen (secondary N) is 1. The Balaban J connectivity index is 1.81. The third-order valence-corrected chi connectivity index (χ3v) is 6.67. The average Bonchev–Trinajstić information content (AvgIpc) is 3.04. The second-order valence-electron chi connectivity index (χ2n) is 7.22. The number of methoxy groups -OCH3 is 2. The molecule has 1 aliphatic heterocycles. The summed E-state index contributed by atoms with van der Waals surface area (Å²) in [7, 11) is 2.98. The van der Waals surface area contributed by atoms with Crippen molar-refractivity contribution in [2.75, 3.05) is 19.5 Å². The van der Waals surface area contributed by atoms with Gasteiger partial charge in [0, 0.05) is 5.56 Å². The number of anilines is 1. The summed E-state index contributed by atoms with van der Waals surface area (Å²) in [5.41, 5.74) is 4.07. The summed E-state index contributed by atoms with van der Waals surface area (Å²) >= 11 is 1.56. The topological polar surface area (TPSA) is 82.5 Å². The number of ether oxygens (including phenoxy) is 2. The minimum absolute atomic E-state index is 0.0745. The van der Waals surface area contributed by atoms with Crippen molar-refractivity contribution in [3.05, 3.63) is 70.9 Å². The molecule has 7 nitrogen and oxygen atoms in total. The van der Waals surface area contributed by atoms with Crippen LogP contribution in [0.15, 0.2) is 48.5 Å².